The summed E-state index contributed by atoms with van der Waals surface area (Å²) in [5, 5.41) is 4.37. The molecule has 186 valence electrons. The second-order valence-electron chi connectivity index (χ2n) is 8.31. The molecule has 35 heavy (non-hydrogen) atoms. The van der Waals surface area contributed by atoms with Crippen LogP contribution in [0.5, 0.6) is 5.75 Å². The fraction of sp³-hybridized carbons (Fsp3) is 0.280. The lowest BCUT2D eigenvalue weighted by molar-refractivity contribution is -0.119. The lowest BCUT2D eigenvalue weighted by Crippen LogP contribution is -2.39. The van der Waals surface area contributed by atoms with Gasteiger partial charge in [-0.25, -0.2) is 13.8 Å². The zero-order chi connectivity index (χ0) is 25.9. The molecule has 1 heterocycles. The van der Waals surface area contributed by atoms with Crippen LogP contribution in [0.2, 0.25) is 5.02 Å². The number of amides is 1. The molecule has 0 spiro atoms. The summed E-state index contributed by atoms with van der Waals surface area (Å²) in [5.74, 6) is -0.341. The number of hydrogen-bond acceptors (Lipinski definition) is 5. The van der Waals surface area contributed by atoms with E-state index in [1.807, 2.05) is 19.9 Å². The van der Waals surface area contributed by atoms with Gasteiger partial charge in [-0.05, 0) is 75.2 Å². The average Bonchev–Trinajstić information content (AvgIpc) is 3.06. The lowest BCUT2D eigenvalue weighted by Gasteiger charge is -2.23. The van der Waals surface area contributed by atoms with Gasteiger partial charge in [0.05, 0.1) is 25.3 Å². The van der Waals surface area contributed by atoms with Crippen molar-refractivity contribution in [3.63, 3.8) is 0 Å². The minimum Gasteiger partial charge on any atom is -0.495 e. The van der Waals surface area contributed by atoms with Crippen LogP contribution in [0.25, 0.3) is 5.69 Å². The molecular formula is C25H29ClN4O4S. The molecule has 0 radical (unpaired) electrons. The van der Waals surface area contributed by atoms with Crippen molar-refractivity contribution in [2.45, 2.75) is 27.7 Å². The van der Waals surface area contributed by atoms with Gasteiger partial charge < -0.3 is 9.30 Å². The Kier molecular flexibility index (Phi) is 7.92. The first-order valence-electron chi connectivity index (χ1n) is 10.8. The van der Waals surface area contributed by atoms with Gasteiger partial charge in [0.25, 0.3) is 5.91 Å². The van der Waals surface area contributed by atoms with Crippen LogP contribution in [-0.4, -0.2) is 45.0 Å². The van der Waals surface area contributed by atoms with Crippen molar-refractivity contribution in [2.75, 3.05) is 24.2 Å². The molecule has 0 aliphatic rings. The molecule has 8 nitrogen and oxygen atoms in total. The number of methoxy groups -OCH3 is 1. The highest BCUT2D eigenvalue weighted by atomic mass is 35.5. The number of hydrazone groups is 1. The third-order valence-corrected chi connectivity index (χ3v) is 7.07. The molecule has 0 aliphatic carbocycles. The van der Waals surface area contributed by atoms with Crippen molar-refractivity contribution in [1.29, 1.82) is 0 Å². The SMILES string of the molecule is COc1ccc(Cl)cc1N(CC(=O)N/N=C\c1cc(C)n(-c2ccc(C)c(C)c2)c1C)S(C)(=O)=O. The Morgan fingerprint density at radius 1 is 1.11 bits per heavy atom. The maximum absolute atomic E-state index is 12.6. The Bertz CT molecular complexity index is 1400. The predicted octanol–water partition coefficient (Wildman–Crippen LogP) is 4.29. The number of rotatable bonds is 8. The monoisotopic (exact) mass is 516 g/mol. The summed E-state index contributed by atoms with van der Waals surface area (Å²) in [6, 6.07) is 12.8. The molecular weight excluding hydrogens is 488 g/mol. The van der Waals surface area contributed by atoms with E-state index < -0.39 is 22.5 Å². The van der Waals surface area contributed by atoms with E-state index in [0.29, 0.717) is 5.02 Å². The number of halogens is 1. The van der Waals surface area contributed by atoms with Crippen LogP contribution in [0.4, 0.5) is 5.69 Å². The number of nitrogens with zero attached hydrogens (tertiary/aromatic N) is 3. The molecule has 0 aliphatic heterocycles. The smallest absolute Gasteiger partial charge is 0.260 e. The summed E-state index contributed by atoms with van der Waals surface area (Å²) in [7, 11) is -2.40. The topological polar surface area (TPSA) is 93.0 Å². The van der Waals surface area contributed by atoms with Gasteiger partial charge >= 0.3 is 0 Å². The molecule has 1 aromatic heterocycles. The predicted molar refractivity (Wildman–Crippen MR) is 141 cm³/mol. The largest absolute Gasteiger partial charge is 0.495 e. The molecule has 3 rings (SSSR count). The van der Waals surface area contributed by atoms with E-state index in [0.717, 1.165) is 33.2 Å². The van der Waals surface area contributed by atoms with E-state index in [1.165, 1.54) is 30.4 Å². The molecule has 0 fully saturated rings. The van der Waals surface area contributed by atoms with Crippen molar-refractivity contribution in [2.24, 2.45) is 5.10 Å². The van der Waals surface area contributed by atoms with E-state index in [9.17, 15) is 13.2 Å². The summed E-state index contributed by atoms with van der Waals surface area (Å²) < 4.78 is 33.1. The fourth-order valence-electron chi connectivity index (χ4n) is 3.76. The number of aryl methyl sites for hydroxylation is 3. The summed E-state index contributed by atoms with van der Waals surface area (Å²) >= 11 is 6.04. The standard InChI is InChI=1S/C25H29ClN4O4S/c1-16-7-9-22(11-17(16)2)30-18(3)12-20(19(30)4)14-27-28-25(31)15-29(35(6,32)33)23-13-21(26)8-10-24(23)34-5/h7-14H,15H2,1-6H3,(H,28,31)/b27-14-. The quantitative estimate of drug-likeness (QED) is 0.357. The lowest BCUT2D eigenvalue weighted by atomic mass is 10.1. The summed E-state index contributed by atoms with van der Waals surface area (Å²) in [6.45, 7) is 7.63. The number of benzene rings is 2. The van der Waals surface area contributed by atoms with Gasteiger partial charge in [0.2, 0.25) is 10.0 Å². The van der Waals surface area contributed by atoms with E-state index in [2.05, 4.69) is 47.1 Å². The van der Waals surface area contributed by atoms with Gasteiger partial charge in [0, 0.05) is 27.7 Å². The maximum Gasteiger partial charge on any atom is 0.260 e. The van der Waals surface area contributed by atoms with Crippen molar-refractivity contribution < 1.29 is 17.9 Å². The van der Waals surface area contributed by atoms with Gasteiger partial charge in [-0.1, -0.05) is 17.7 Å². The molecule has 0 bridgehead atoms. The van der Waals surface area contributed by atoms with Crippen LogP contribution in [0.15, 0.2) is 47.6 Å². The van der Waals surface area contributed by atoms with Crippen molar-refractivity contribution in [1.82, 2.24) is 9.99 Å². The van der Waals surface area contributed by atoms with E-state index >= 15 is 0 Å². The second-order valence-corrected chi connectivity index (χ2v) is 10.7. The fourth-order valence-corrected chi connectivity index (χ4v) is 4.78. The highest BCUT2D eigenvalue weighted by Gasteiger charge is 2.24. The van der Waals surface area contributed by atoms with Gasteiger partial charge in [0.15, 0.2) is 0 Å². The Morgan fingerprint density at radius 2 is 1.83 bits per heavy atom. The van der Waals surface area contributed by atoms with Gasteiger partial charge in [-0.15, -0.1) is 0 Å². The number of carbonyl (C=O) groups is 1. The normalized spacial score (nSPS) is 11.6. The molecule has 0 atom stereocenters. The van der Waals surface area contributed by atoms with E-state index in [-0.39, 0.29) is 11.4 Å². The minimum absolute atomic E-state index is 0.165. The maximum atomic E-state index is 12.6. The molecule has 0 saturated carbocycles. The summed E-state index contributed by atoms with van der Waals surface area (Å²) in [6.07, 6.45) is 2.55. The number of nitrogens with one attached hydrogen (secondary N) is 1. The molecule has 2 aromatic carbocycles. The van der Waals surface area contributed by atoms with E-state index in [1.54, 1.807) is 12.3 Å². The zero-order valence-corrected chi connectivity index (χ0v) is 22.2. The zero-order valence-electron chi connectivity index (χ0n) is 20.6. The van der Waals surface area contributed by atoms with Crippen molar-refractivity contribution >= 4 is 39.4 Å². The molecule has 1 N–H and O–H groups in total. The van der Waals surface area contributed by atoms with Gasteiger partial charge in [0.1, 0.15) is 12.3 Å². The average molecular weight is 517 g/mol. The minimum atomic E-state index is -3.81. The molecule has 3 aromatic rings. The van der Waals surface area contributed by atoms with Gasteiger partial charge in [-0.3, -0.25) is 9.10 Å². The number of aromatic nitrogens is 1. The molecule has 10 heteroatoms. The first-order chi connectivity index (χ1) is 16.4. The summed E-state index contributed by atoms with van der Waals surface area (Å²) in [5.41, 5.74) is 8.86. The van der Waals surface area contributed by atoms with Crippen LogP contribution in [0.1, 0.15) is 28.1 Å². The van der Waals surface area contributed by atoms with Crippen LogP contribution in [0, 0.1) is 27.7 Å². The molecule has 0 saturated heterocycles. The van der Waals surface area contributed by atoms with Crippen LogP contribution < -0.4 is 14.5 Å². The third kappa shape index (κ3) is 6.04. The Labute approximate surface area is 211 Å². The first-order valence-corrected chi connectivity index (χ1v) is 13.0. The molecule has 0 unspecified atom stereocenters. The number of ether oxygens (including phenoxy) is 1. The summed E-state index contributed by atoms with van der Waals surface area (Å²) in [4.78, 5) is 12.6. The number of carbonyl (C=O) groups excluding carboxylic acids is 1. The highest BCUT2D eigenvalue weighted by Crippen LogP contribution is 2.32. The Hall–Kier alpha value is -3.30. The van der Waals surface area contributed by atoms with Crippen molar-refractivity contribution in [3.8, 4) is 11.4 Å². The highest BCUT2D eigenvalue weighted by molar-refractivity contribution is 7.92. The second kappa shape index (κ2) is 10.5. The Balaban J connectivity index is 1.79. The van der Waals surface area contributed by atoms with Crippen LogP contribution >= 0.6 is 11.6 Å². The Morgan fingerprint density at radius 3 is 2.46 bits per heavy atom. The first kappa shape index (κ1) is 26.3. The number of hydrogen-bond donors (Lipinski definition) is 1. The van der Waals surface area contributed by atoms with Gasteiger partial charge in [-0.2, -0.15) is 5.10 Å². The van der Waals surface area contributed by atoms with Crippen LogP contribution in [0.3, 0.4) is 0 Å². The number of sulfonamides is 1. The number of anilines is 1. The van der Waals surface area contributed by atoms with E-state index in [4.69, 9.17) is 16.3 Å². The van der Waals surface area contributed by atoms with Crippen molar-refractivity contribution in [3.05, 3.63) is 75.6 Å². The third-order valence-electron chi connectivity index (χ3n) is 5.71. The molecule has 1 amide bonds. The van der Waals surface area contributed by atoms with Crippen LogP contribution in [-0.2, 0) is 14.8 Å².